The van der Waals surface area contributed by atoms with Gasteiger partial charge in [0.25, 0.3) is 0 Å². The third-order valence-electron chi connectivity index (χ3n) is 2.20. The summed E-state index contributed by atoms with van der Waals surface area (Å²) in [4.78, 5) is 14.7. The molecule has 0 aliphatic rings. The molecule has 106 valence electrons. The molecule has 0 saturated heterocycles. The van der Waals surface area contributed by atoms with Crippen LogP contribution in [0.4, 0.5) is 0 Å². The molecular formula is C10H13BrN2O4S2. The molecule has 0 aliphatic heterocycles. The van der Waals surface area contributed by atoms with Crippen LogP contribution < -0.4 is 4.72 Å². The predicted octanol–water partition coefficient (Wildman–Crippen LogP) is 1.33. The quantitative estimate of drug-likeness (QED) is 0.753. The first kappa shape index (κ1) is 16.4. The van der Waals surface area contributed by atoms with Gasteiger partial charge in [-0.1, -0.05) is 0 Å². The maximum atomic E-state index is 12.0. The number of aromatic nitrogens is 1. The molecular weight excluding hydrogens is 356 g/mol. The van der Waals surface area contributed by atoms with Crippen molar-refractivity contribution in [1.82, 2.24) is 9.71 Å². The fraction of sp³-hybridized carbons (Fsp3) is 0.400. The normalized spacial score (nSPS) is 13.2. The minimum atomic E-state index is -3.89. The summed E-state index contributed by atoms with van der Waals surface area (Å²) >= 11 is 4.57. The van der Waals surface area contributed by atoms with E-state index in [-0.39, 0.29) is 11.3 Å². The first-order valence-corrected chi connectivity index (χ1v) is 8.88. The molecule has 9 heteroatoms. The lowest BCUT2D eigenvalue weighted by molar-refractivity contribution is -0.139. The Morgan fingerprint density at radius 3 is 2.79 bits per heavy atom. The van der Waals surface area contributed by atoms with Crippen LogP contribution in [0.15, 0.2) is 27.8 Å². The summed E-state index contributed by atoms with van der Waals surface area (Å²) in [5, 5.41) is 9.00. The smallest absolute Gasteiger partial charge is 0.321 e. The molecule has 0 fully saturated rings. The van der Waals surface area contributed by atoms with E-state index in [2.05, 4.69) is 25.6 Å². The van der Waals surface area contributed by atoms with Crippen molar-refractivity contribution < 1.29 is 18.3 Å². The zero-order valence-electron chi connectivity index (χ0n) is 10.0. The van der Waals surface area contributed by atoms with Gasteiger partial charge in [-0.3, -0.25) is 9.78 Å². The summed E-state index contributed by atoms with van der Waals surface area (Å²) < 4.78 is 26.7. The van der Waals surface area contributed by atoms with Crippen molar-refractivity contribution in [2.45, 2.75) is 17.4 Å². The van der Waals surface area contributed by atoms with E-state index in [1.807, 2.05) is 6.26 Å². The number of nitrogens with zero attached hydrogens (tertiary/aromatic N) is 1. The molecule has 1 aromatic heterocycles. The van der Waals surface area contributed by atoms with E-state index < -0.39 is 22.0 Å². The van der Waals surface area contributed by atoms with Crippen LogP contribution in [-0.2, 0) is 14.8 Å². The molecule has 0 amide bonds. The second kappa shape index (κ2) is 7.22. The highest BCUT2D eigenvalue weighted by Gasteiger charge is 2.25. The number of halogens is 1. The van der Waals surface area contributed by atoms with Crippen LogP contribution >= 0.6 is 27.7 Å². The molecule has 0 aliphatic carbocycles. The number of carbonyl (C=O) groups is 1. The summed E-state index contributed by atoms with van der Waals surface area (Å²) in [6.45, 7) is 0. The third-order valence-corrected chi connectivity index (χ3v) is 4.71. The molecule has 0 radical (unpaired) electrons. The summed E-state index contributed by atoms with van der Waals surface area (Å²) in [6.07, 6.45) is 4.66. The van der Waals surface area contributed by atoms with Crippen molar-refractivity contribution in [3.63, 3.8) is 0 Å². The van der Waals surface area contributed by atoms with Crippen LogP contribution in [0.2, 0.25) is 0 Å². The van der Waals surface area contributed by atoms with Gasteiger partial charge in [0.05, 0.1) is 0 Å². The van der Waals surface area contributed by atoms with Gasteiger partial charge < -0.3 is 5.11 Å². The Balaban J connectivity index is 2.91. The molecule has 0 bridgehead atoms. The van der Waals surface area contributed by atoms with Gasteiger partial charge in [-0.25, -0.2) is 8.42 Å². The highest BCUT2D eigenvalue weighted by atomic mass is 79.9. The van der Waals surface area contributed by atoms with Crippen LogP contribution in [0, 0.1) is 0 Å². The zero-order valence-corrected chi connectivity index (χ0v) is 13.3. The van der Waals surface area contributed by atoms with Crippen molar-refractivity contribution in [3.05, 3.63) is 22.9 Å². The second-order valence-corrected chi connectivity index (χ2v) is 7.25. The molecule has 1 heterocycles. The first-order valence-electron chi connectivity index (χ1n) is 5.21. The Labute approximate surface area is 124 Å². The molecule has 0 spiro atoms. The average Bonchev–Trinajstić information content (AvgIpc) is 2.34. The Kier molecular flexibility index (Phi) is 6.24. The lowest BCUT2D eigenvalue weighted by atomic mass is 10.2. The van der Waals surface area contributed by atoms with Crippen LogP contribution in [0.1, 0.15) is 6.42 Å². The Bertz CT molecular complexity index is 550. The van der Waals surface area contributed by atoms with E-state index in [1.54, 1.807) is 0 Å². The Hall–Kier alpha value is -0.640. The SMILES string of the molecule is CSCC[C@@H](NS(=O)(=O)c1cncc(Br)c1)C(=O)O. The highest BCUT2D eigenvalue weighted by Crippen LogP contribution is 2.15. The number of rotatable bonds is 7. The number of carboxylic acids is 1. The second-order valence-electron chi connectivity index (χ2n) is 3.63. The number of thioether (sulfide) groups is 1. The van der Waals surface area contributed by atoms with Gasteiger partial charge in [0, 0.05) is 16.9 Å². The number of pyridine rings is 1. The molecule has 0 saturated carbocycles. The molecule has 2 N–H and O–H groups in total. The molecule has 1 atom stereocenters. The fourth-order valence-electron chi connectivity index (χ4n) is 1.26. The van der Waals surface area contributed by atoms with Gasteiger partial charge in [-0.05, 0) is 40.4 Å². The van der Waals surface area contributed by atoms with Crippen molar-refractivity contribution >= 4 is 43.7 Å². The van der Waals surface area contributed by atoms with Gasteiger partial charge in [0.2, 0.25) is 10.0 Å². The minimum absolute atomic E-state index is 0.0720. The topological polar surface area (TPSA) is 96.4 Å². The number of carboxylic acid groups (broad SMARTS) is 1. The zero-order chi connectivity index (χ0) is 14.5. The van der Waals surface area contributed by atoms with Gasteiger partial charge >= 0.3 is 5.97 Å². The van der Waals surface area contributed by atoms with Crippen molar-refractivity contribution in [2.75, 3.05) is 12.0 Å². The number of aliphatic carboxylic acids is 1. The van der Waals surface area contributed by atoms with E-state index in [9.17, 15) is 13.2 Å². The van der Waals surface area contributed by atoms with Crippen LogP contribution in [0.25, 0.3) is 0 Å². The highest BCUT2D eigenvalue weighted by molar-refractivity contribution is 9.10. The van der Waals surface area contributed by atoms with E-state index >= 15 is 0 Å². The largest absolute Gasteiger partial charge is 0.480 e. The van der Waals surface area contributed by atoms with Crippen molar-refractivity contribution in [3.8, 4) is 0 Å². The number of hydrogen-bond donors (Lipinski definition) is 2. The van der Waals surface area contributed by atoms with Gasteiger partial charge in [-0.2, -0.15) is 16.5 Å². The molecule has 1 rings (SSSR count). The monoisotopic (exact) mass is 368 g/mol. The number of sulfonamides is 1. The van der Waals surface area contributed by atoms with E-state index in [4.69, 9.17) is 5.11 Å². The van der Waals surface area contributed by atoms with Gasteiger partial charge in [0.1, 0.15) is 10.9 Å². The molecule has 0 aromatic carbocycles. The lowest BCUT2D eigenvalue weighted by Gasteiger charge is -2.14. The average molecular weight is 369 g/mol. The Morgan fingerprint density at radius 2 is 2.26 bits per heavy atom. The summed E-state index contributed by atoms with van der Waals surface area (Å²) in [5.74, 6) is -0.642. The molecule has 6 nitrogen and oxygen atoms in total. The van der Waals surface area contributed by atoms with Gasteiger partial charge in [0.15, 0.2) is 0 Å². The van der Waals surface area contributed by atoms with Crippen LogP contribution in [0.3, 0.4) is 0 Å². The summed E-state index contributed by atoms with van der Waals surface area (Å²) in [7, 11) is -3.89. The van der Waals surface area contributed by atoms with Gasteiger partial charge in [-0.15, -0.1) is 0 Å². The fourth-order valence-corrected chi connectivity index (χ4v) is 3.46. The number of hydrogen-bond acceptors (Lipinski definition) is 5. The van der Waals surface area contributed by atoms with Crippen LogP contribution in [-0.4, -0.2) is 42.5 Å². The Morgan fingerprint density at radius 1 is 1.58 bits per heavy atom. The van der Waals surface area contributed by atoms with E-state index in [0.717, 1.165) is 0 Å². The number of nitrogens with one attached hydrogen (secondary N) is 1. The first-order chi connectivity index (χ1) is 8.86. The molecule has 0 unspecified atom stereocenters. The maximum absolute atomic E-state index is 12.0. The lowest BCUT2D eigenvalue weighted by Crippen LogP contribution is -2.41. The third kappa shape index (κ3) is 5.09. The van der Waals surface area contributed by atoms with Crippen molar-refractivity contribution in [1.29, 1.82) is 0 Å². The minimum Gasteiger partial charge on any atom is -0.480 e. The molecule has 1 aromatic rings. The van der Waals surface area contributed by atoms with E-state index in [1.165, 1.54) is 30.2 Å². The van der Waals surface area contributed by atoms with Crippen molar-refractivity contribution in [2.24, 2.45) is 0 Å². The summed E-state index contributed by atoms with van der Waals surface area (Å²) in [6, 6.07) is 0.222. The maximum Gasteiger partial charge on any atom is 0.321 e. The molecule has 19 heavy (non-hydrogen) atoms. The van der Waals surface area contributed by atoms with Crippen LogP contribution in [0.5, 0.6) is 0 Å². The standard InChI is InChI=1S/C10H13BrN2O4S2/c1-18-3-2-9(10(14)15)13-19(16,17)8-4-7(11)5-12-6-8/h4-6,9,13H,2-3H2,1H3,(H,14,15)/t9-/m1/s1. The summed E-state index contributed by atoms with van der Waals surface area (Å²) in [5.41, 5.74) is 0. The van der Waals surface area contributed by atoms with E-state index in [0.29, 0.717) is 10.2 Å². The predicted molar refractivity (Wildman–Crippen MR) is 76.7 cm³/mol.